The molecule has 9 heteroatoms. The molecule has 216 valence electrons. The van der Waals surface area contributed by atoms with E-state index in [0.29, 0.717) is 43.7 Å². The average Bonchev–Trinajstić information content (AvgIpc) is 3.30. The van der Waals surface area contributed by atoms with Gasteiger partial charge in [0.15, 0.2) is 0 Å². The number of aliphatic hydroxyl groups is 1. The fourth-order valence-electron chi connectivity index (χ4n) is 7.08. The minimum Gasteiger partial charge on any atom is -0.481 e. The highest BCUT2D eigenvalue weighted by Crippen LogP contribution is 2.52. The van der Waals surface area contributed by atoms with Crippen LogP contribution in [-0.4, -0.2) is 51.4 Å². The van der Waals surface area contributed by atoms with Gasteiger partial charge in [-0.1, -0.05) is 48.0 Å². The van der Waals surface area contributed by atoms with E-state index in [4.69, 9.17) is 4.11 Å². The van der Waals surface area contributed by atoms with E-state index in [1.54, 1.807) is 17.0 Å². The van der Waals surface area contributed by atoms with Crippen molar-refractivity contribution < 1.29 is 41.5 Å². The summed E-state index contributed by atoms with van der Waals surface area (Å²) >= 11 is 0. The lowest BCUT2D eigenvalue weighted by atomic mass is 9.63. The molecule has 5 nitrogen and oxygen atoms in total. The third-order valence-electron chi connectivity index (χ3n) is 9.51. The van der Waals surface area contributed by atoms with E-state index in [-0.39, 0.29) is 37.8 Å². The molecule has 2 aromatic carbocycles. The van der Waals surface area contributed by atoms with Gasteiger partial charge in [-0.3, -0.25) is 9.59 Å². The van der Waals surface area contributed by atoms with Crippen molar-refractivity contribution in [3.05, 3.63) is 70.3 Å². The molecule has 2 aliphatic carbocycles. The lowest BCUT2D eigenvalue weighted by Gasteiger charge is -2.46. The van der Waals surface area contributed by atoms with E-state index < -0.39 is 59.1 Å². The van der Waals surface area contributed by atoms with Crippen LogP contribution in [0.1, 0.15) is 77.4 Å². The maximum atomic E-state index is 14.9. The summed E-state index contributed by atoms with van der Waals surface area (Å²) in [7, 11) is 0. The number of hydrogen-bond acceptors (Lipinski definition) is 3. The molecule has 0 spiro atoms. The van der Waals surface area contributed by atoms with Gasteiger partial charge in [-0.15, -0.1) is 0 Å². The molecule has 2 fully saturated rings. The first-order valence-corrected chi connectivity index (χ1v) is 13.6. The number of fused-ring (bicyclic) bond motifs is 3. The van der Waals surface area contributed by atoms with Crippen LogP contribution in [0.3, 0.4) is 0 Å². The molecule has 2 aromatic rings. The smallest absolute Gasteiger partial charge is 0.426 e. The summed E-state index contributed by atoms with van der Waals surface area (Å²) in [5.74, 6) is -2.07. The number of likely N-dealkylation sites (tertiary alicyclic amines) is 1. The van der Waals surface area contributed by atoms with E-state index in [0.717, 1.165) is 11.6 Å². The lowest BCUT2D eigenvalue weighted by molar-refractivity contribution is -0.228. The highest BCUT2D eigenvalue weighted by Gasteiger charge is 2.57. The van der Waals surface area contributed by atoms with Gasteiger partial charge in [-0.05, 0) is 87.4 Å². The maximum absolute atomic E-state index is 14.9. The third-order valence-corrected chi connectivity index (χ3v) is 9.51. The molecule has 40 heavy (non-hydrogen) atoms. The van der Waals surface area contributed by atoms with Crippen molar-refractivity contribution in [2.45, 2.75) is 94.0 Å². The molecule has 1 aliphatic heterocycles. The Morgan fingerprint density at radius 1 is 1.05 bits per heavy atom. The third kappa shape index (κ3) is 4.70. The van der Waals surface area contributed by atoms with Gasteiger partial charge in [0, 0.05) is 22.1 Å². The van der Waals surface area contributed by atoms with Crippen molar-refractivity contribution in [2.24, 2.45) is 5.92 Å². The molecule has 1 heterocycles. The lowest BCUT2D eigenvalue weighted by Crippen LogP contribution is -2.56. The van der Waals surface area contributed by atoms with Gasteiger partial charge in [-0.2, -0.15) is 13.2 Å². The number of carbonyl (C=O) groups excluding carboxylic acids is 1. The normalized spacial score (nSPS) is 31.2. The van der Waals surface area contributed by atoms with Gasteiger partial charge in [0.05, 0.1) is 5.92 Å². The minimum atomic E-state index is -5.10. The van der Waals surface area contributed by atoms with E-state index in [1.165, 1.54) is 24.3 Å². The van der Waals surface area contributed by atoms with Crippen molar-refractivity contribution in [3.63, 3.8) is 0 Å². The number of aryl methyl sites for hydroxylation is 2. The summed E-state index contributed by atoms with van der Waals surface area (Å²) in [5, 5.41) is 20.7. The van der Waals surface area contributed by atoms with Gasteiger partial charge in [0.1, 0.15) is 5.60 Å². The zero-order valence-corrected chi connectivity index (χ0v) is 22.2. The maximum Gasteiger partial charge on any atom is 0.426 e. The van der Waals surface area contributed by atoms with E-state index in [1.807, 2.05) is 0 Å². The van der Waals surface area contributed by atoms with Gasteiger partial charge in [0.25, 0.3) is 5.91 Å². The largest absolute Gasteiger partial charge is 0.481 e. The SMILES string of the molecule is [2H]C([2H])([2H])c1ccc(CC23CCN(C(=O)C4(O)CCC(C(=O)O)CC4)C2CCc2cc(C(C)(F)C(F)(F)F)ccc23)cc1. The second-order valence-electron chi connectivity index (χ2n) is 11.8. The number of carbonyl (C=O) groups is 2. The first-order valence-electron chi connectivity index (χ1n) is 15.1. The summed E-state index contributed by atoms with van der Waals surface area (Å²) in [4.78, 5) is 27.0. The highest BCUT2D eigenvalue weighted by molar-refractivity contribution is 5.86. The monoisotopic (exact) mass is 564 g/mol. The summed E-state index contributed by atoms with van der Waals surface area (Å²) in [6.45, 7) is -1.53. The fraction of sp³-hybridized carbons (Fsp3) is 0.548. The van der Waals surface area contributed by atoms with E-state index in [9.17, 15) is 37.4 Å². The average molecular weight is 565 g/mol. The van der Waals surface area contributed by atoms with Crippen molar-refractivity contribution in [3.8, 4) is 0 Å². The van der Waals surface area contributed by atoms with Crippen LogP contribution >= 0.6 is 0 Å². The standard InChI is InChI=1S/C31H35F4NO4/c1-19-3-5-20(6-4-19)18-29-15-16-36(27(39)30(40)13-11-21(12-14-30)26(37)38)25(29)10-7-22-17-23(8-9-24(22)29)28(2,32)31(33,34)35/h3-6,8-9,17,21,25,40H,7,10-16,18H2,1-2H3,(H,37,38)/i1D3. The van der Waals surface area contributed by atoms with Gasteiger partial charge >= 0.3 is 12.1 Å². The predicted molar refractivity (Wildman–Crippen MR) is 141 cm³/mol. The van der Waals surface area contributed by atoms with Crippen LogP contribution in [0.15, 0.2) is 42.5 Å². The Bertz CT molecular complexity index is 1400. The van der Waals surface area contributed by atoms with E-state index >= 15 is 0 Å². The van der Waals surface area contributed by atoms with Crippen LogP contribution in [0.5, 0.6) is 0 Å². The van der Waals surface area contributed by atoms with Crippen LogP contribution in [0, 0.1) is 12.8 Å². The number of carboxylic acid groups (broad SMARTS) is 1. The summed E-state index contributed by atoms with van der Waals surface area (Å²) in [5.41, 5.74) is -4.32. The summed E-state index contributed by atoms with van der Waals surface area (Å²) < 4.78 is 78.6. The van der Waals surface area contributed by atoms with Gasteiger partial charge < -0.3 is 15.1 Å². The number of amides is 1. The molecular weight excluding hydrogens is 526 g/mol. The Morgan fingerprint density at radius 2 is 1.73 bits per heavy atom. The number of rotatable bonds is 5. The zero-order chi connectivity index (χ0) is 31.6. The molecule has 3 aliphatic rings. The fourth-order valence-corrected chi connectivity index (χ4v) is 7.08. The molecule has 5 rings (SSSR count). The molecule has 1 saturated heterocycles. The quantitative estimate of drug-likeness (QED) is 0.452. The van der Waals surface area contributed by atoms with E-state index in [2.05, 4.69) is 0 Å². The molecule has 1 saturated carbocycles. The molecule has 3 atom stereocenters. The molecule has 0 aromatic heterocycles. The molecule has 3 unspecified atom stereocenters. The Balaban J connectivity index is 1.53. The van der Waals surface area contributed by atoms with Gasteiger partial charge in [-0.25, -0.2) is 4.39 Å². The van der Waals surface area contributed by atoms with Gasteiger partial charge in [0.2, 0.25) is 5.67 Å². The first-order chi connectivity index (χ1) is 19.9. The molecule has 0 bridgehead atoms. The number of benzene rings is 2. The topological polar surface area (TPSA) is 77.8 Å². The Kier molecular flexibility index (Phi) is 6.12. The van der Waals surface area contributed by atoms with Crippen LogP contribution < -0.4 is 0 Å². The number of aliphatic carboxylic acids is 1. The Morgan fingerprint density at radius 3 is 2.33 bits per heavy atom. The number of alkyl halides is 4. The Hall–Kier alpha value is -2.94. The predicted octanol–water partition coefficient (Wildman–Crippen LogP) is 5.78. The van der Waals surface area contributed by atoms with Crippen molar-refractivity contribution in [1.82, 2.24) is 4.90 Å². The number of nitrogens with zero attached hydrogens (tertiary/aromatic N) is 1. The number of hydrogen-bond donors (Lipinski definition) is 2. The summed E-state index contributed by atoms with van der Waals surface area (Å²) in [6, 6.07) is 9.94. The molecule has 0 radical (unpaired) electrons. The van der Waals surface area contributed by atoms with Crippen LogP contribution in [0.25, 0.3) is 0 Å². The van der Waals surface area contributed by atoms with Crippen LogP contribution in [0.4, 0.5) is 17.6 Å². The first kappa shape index (κ1) is 24.8. The second kappa shape index (κ2) is 9.86. The van der Waals surface area contributed by atoms with Crippen molar-refractivity contribution >= 4 is 11.9 Å². The van der Waals surface area contributed by atoms with Crippen LogP contribution in [0.2, 0.25) is 0 Å². The number of halogens is 4. The highest BCUT2D eigenvalue weighted by atomic mass is 19.4. The van der Waals surface area contributed by atoms with Crippen molar-refractivity contribution in [1.29, 1.82) is 0 Å². The van der Waals surface area contributed by atoms with Crippen LogP contribution in [-0.2, 0) is 33.5 Å². The minimum absolute atomic E-state index is 0.0159. The second-order valence-corrected chi connectivity index (χ2v) is 11.8. The Labute approximate surface area is 235 Å². The molecule has 2 N–H and O–H groups in total. The summed E-state index contributed by atoms with van der Waals surface area (Å²) in [6.07, 6.45) is -3.29. The molecular formula is C31H35F4NO4. The van der Waals surface area contributed by atoms with Crippen molar-refractivity contribution in [2.75, 3.05) is 6.54 Å². The molecule has 1 amide bonds. The number of carboxylic acids is 1. The zero-order valence-electron chi connectivity index (χ0n) is 25.2.